The molecule has 0 bridgehead atoms. The molecule has 0 aromatic carbocycles. The van der Waals surface area contributed by atoms with Gasteiger partial charge in [-0.05, 0) is 19.1 Å². The summed E-state index contributed by atoms with van der Waals surface area (Å²) in [7, 11) is 0. The van der Waals surface area contributed by atoms with Crippen LogP contribution in [0.1, 0.15) is 13.3 Å². The van der Waals surface area contributed by atoms with E-state index in [9.17, 15) is 98.4 Å². The molecule has 10 N–H and O–H groups in total. The van der Waals surface area contributed by atoms with Crippen LogP contribution in [0.15, 0.2) is 152 Å². The molecule has 0 aliphatic rings. The number of rotatable bonds is 88. The number of carbonyl (C=O) groups excluding carboxylic acids is 12. The van der Waals surface area contributed by atoms with E-state index in [1.54, 1.807) is 0 Å². The molecule has 0 spiro atoms. The Balaban J connectivity index is -0.000000624. The van der Waals surface area contributed by atoms with Crippen molar-refractivity contribution in [2.24, 2.45) is 5.41 Å². The van der Waals surface area contributed by atoms with Gasteiger partial charge in [-0.3, -0.25) is 9.59 Å². The minimum Gasteiger partial charge on any atom is -0.460 e. The van der Waals surface area contributed by atoms with Crippen molar-refractivity contribution in [1.82, 2.24) is 5.32 Å². The van der Waals surface area contributed by atoms with Gasteiger partial charge >= 0.3 is 59.7 Å². The summed E-state index contributed by atoms with van der Waals surface area (Å²) in [6, 6.07) is 0. The number of allylic oxidation sites excluding steroid dienone is 1. The van der Waals surface area contributed by atoms with Crippen molar-refractivity contribution in [3.8, 4) is 0 Å². The molecule has 48 heteroatoms. The SMILES string of the molecule is C=CC(=O)CC(O)C(O)NC(=O)C=C.C=CC(=O)OCC(O)COCCOCC(COCCOCC(O)COC(=O)C=C)(COCCOCC(O)COC(=O)C=C)COCCOCC(O)COC(=O)C=C.C=CC(=O)OCC(O)COCCOCC(COCCOCC(O)COC(=O)C=C)OCCOCC(O)COC(=O)C=C.C=CC(=O)OCCOC(=O)C=C.C=CC(=O)OCCOCCOCC. The highest BCUT2D eigenvalue weighted by Gasteiger charge is 2.33. The quantitative estimate of drug-likeness (QED) is 0.00991. The van der Waals surface area contributed by atoms with Gasteiger partial charge in [0.25, 0.3) is 0 Å². The number of carbonyl (C=O) groups is 12. The zero-order valence-electron chi connectivity index (χ0n) is 78.4. The average Bonchev–Trinajstić information content (AvgIpc) is 0.865. The molecule has 0 aliphatic heterocycles. The van der Waals surface area contributed by atoms with Crippen molar-refractivity contribution in [3.05, 3.63) is 152 Å². The van der Waals surface area contributed by atoms with Crippen LogP contribution < -0.4 is 5.32 Å². The van der Waals surface area contributed by atoms with Gasteiger partial charge in [-0.15, -0.1) is 0 Å². The summed E-state index contributed by atoms with van der Waals surface area (Å²) in [6.45, 7) is 42.8. The van der Waals surface area contributed by atoms with Crippen molar-refractivity contribution in [2.75, 3.05) is 271 Å². The summed E-state index contributed by atoms with van der Waals surface area (Å²) in [5.74, 6) is -7.18. The van der Waals surface area contributed by atoms with E-state index in [-0.39, 0.29) is 251 Å². The van der Waals surface area contributed by atoms with Gasteiger partial charge in [0, 0.05) is 73.8 Å². The molecule has 790 valence electrons. The fraction of sp³-hybridized carbons (Fsp3) is 0.600. The lowest BCUT2D eigenvalue weighted by molar-refractivity contribution is -0.146. The lowest BCUT2D eigenvalue weighted by Gasteiger charge is -2.33. The zero-order chi connectivity index (χ0) is 104. The number of ketones is 1. The fourth-order valence-corrected chi connectivity index (χ4v) is 8.22. The van der Waals surface area contributed by atoms with Gasteiger partial charge in [0.2, 0.25) is 5.91 Å². The molecule has 0 aromatic heterocycles. The van der Waals surface area contributed by atoms with Crippen molar-refractivity contribution < 1.29 is 227 Å². The van der Waals surface area contributed by atoms with E-state index in [1.165, 1.54) is 0 Å². The molecule has 9 atom stereocenters. The summed E-state index contributed by atoms with van der Waals surface area (Å²) in [6.07, 6.45) is 1.20. The molecule has 0 rings (SSSR count). The lowest BCUT2D eigenvalue weighted by Crippen LogP contribution is -2.43. The second kappa shape index (κ2) is 98.3. The summed E-state index contributed by atoms with van der Waals surface area (Å²) < 4.78 is 135. The molecule has 0 heterocycles. The predicted octanol–water partition coefficient (Wildman–Crippen LogP) is -2.48. The Morgan fingerprint density at radius 3 is 0.674 bits per heavy atom. The van der Waals surface area contributed by atoms with Gasteiger partial charge in [0.1, 0.15) is 121 Å². The first-order valence-corrected chi connectivity index (χ1v) is 42.5. The number of hydrogen-bond acceptors (Lipinski definition) is 47. The van der Waals surface area contributed by atoms with Crippen LogP contribution in [0.5, 0.6) is 0 Å². The minimum atomic E-state index is -1.48. The maximum Gasteiger partial charge on any atom is 0.330 e. The van der Waals surface area contributed by atoms with E-state index in [2.05, 4.69) is 93.2 Å². The van der Waals surface area contributed by atoms with E-state index in [0.717, 1.165) is 72.9 Å². The monoisotopic (exact) mass is 1990 g/mol. The van der Waals surface area contributed by atoms with Crippen molar-refractivity contribution in [2.45, 2.75) is 74.5 Å². The largest absolute Gasteiger partial charge is 0.460 e. The molecule has 0 aliphatic carbocycles. The van der Waals surface area contributed by atoms with Crippen LogP contribution >= 0.6 is 0 Å². The van der Waals surface area contributed by atoms with Gasteiger partial charge < -0.3 is 174 Å². The first kappa shape index (κ1) is 136. The van der Waals surface area contributed by atoms with Crippen LogP contribution in [0.4, 0.5) is 0 Å². The third-order valence-corrected chi connectivity index (χ3v) is 14.9. The van der Waals surface area contributed by atoms with Gasteiger partial charge in [-0.1, -0.05) is 78.9 Å². The number of aliphatic hydroxyl groups excluding tert-OH is 9. The molecule has 138 heavy (non-hydrogen) atoms. The van der Waals surface area contributed by atoms with Crippen molar-refractivity contribution >= 4 is 71.4 Å². The topological polar surface area (TPSA) is 639 Å². The van der Waals surface area contributed by atoms with Crippen LogP contribution in [0, 0.1) is 5.41 Å². The van der Waals surface area contributed by atoms with Crippen LogP contribution in [0.25, 0.3) is 0 Å². The molecule has 1 amide bonds. The van der Waals surface area contributed by atoms with Gasteiger partial charge in [0.05, 0.1) is 204 Å². The minimum absolute atomic E-state index is 0.0204. The molecule has 0 saturated heterocycles. The number of ether oxygens (including phenoxy) is 26. The molecular weight excluding hydrogens is 1850 g/mol. The Morgan fingerprint density at radius 1 is 0.239 bits per heavy atom. The molecular formula is C90H143NO47. The van der Waals surface area contributed by atoms with Crippen molar-refractivity contribution in [1.29, 1.82) is 0 Å². The van der Waals surface area contributed by atoms with Crippen molar-refractivity contribution in [3.63, 3.8) is 0 Å². The molecule has 0 radical (unpaired) electrons. The van der Waals surface area contributed by atoms with E-state index < -0.39 is 138 Å². The smallest absolute Gasteiger partial charge is 0.330 e. The maximum atomic E-state index is 11.2. The number of esters is 10. The normalized spacial score (nSPS) is 13.1. The number of aliphatic hydroxyl groups is 9. The third-order valence-electron chi connectivity index (χ3n) is 14.9. The highest BCUT2D eigenvalue weighted by atomic mass is 16.6. The van der Waals surface area contributed by atoms with Crippen LogP contribution in [-0.4, -0.2) is 449 Å². The maximum absolute atomic E-state index is 11.2. The van der Waals surface area contributed by atoms with E-state index >= 15 is 0 Å². The number of nitrogens with one attached hydrogen (secondary N) is 1. The summed E-state index contributed by atoms with van der Waals surface area (Å²) in [5, 5.41) is 89.4. The van der Waals surface area contributed by atoms with Crippen LogP contribution in [-0.2, 0) is 181 Å². The standard InChI is InChI=1S/C37H60O20.C27H44O15.C9H13NO4.C9H16O4.C8H10O4/c1-5-33(42)54-21-29(38)17-46-9-13-50-25-37(26-51-14-10-47-18-30(39)22-55-34(43)6-2,27-52-15-11-48-19-31(40)23-56-35(44)7-3)28-53-16-12-49-20-32(41)24-57-36(45)8-4;1-4-25(31)40-16-21(28)13-34-7-9-37-19-24(39-12-11-36-15-23(30)18-42-27(33)6-3)20-38-10-8-35-14-22(29)17-41-26(32)5-2;1-3-6(11)5-7(12)9(14)10-8(13)4-2;1-3-9(10)13-8-7-12-6-5-11-4-2;1-3-7(9)11-5-6-12-8(10)4-2/h5-8,29-32,38-41H,1-4,9-28H2;4-6,21-24,28-30H,1-3,7-20H2;3-4,7,9,12,14H,1-2,5H2,(H,10,13);3H,1,4-8H2,2H3;3-4H,1-2,5-6H2. The first-order valence-electron chi connectivity index (χ1n) is 42.5. The molecule has 0 fully saturated rings. The van der Waals surface area contributed by atoms with E-state index in [0.29, 0.717) is 26.4 Å². The average molecular weight is 1990 g/mol. The summed E-state index contributed by atoms with van der Waals surface area (Å²) in [4.78, 5) is 131. The fourth-order valence-electron chi connectivity index (χ4n) is 8.22. The Kier molecular flexibility index (Phi) is 97.0. The van der Waals surface area contributed by atoms with Crippen LogP contribution in [0.3, 0.4) is 0 Å². The molecule has 0 saturated carbocycles. The highest BCUT2D eigenvalue weighted by molar-refractivity contribution is 5.90. The Labute approximate surface area is 803 Å². The first-order chi connectivity index (χ1) is 66.1. The lowest BCUT2D eigenvalue weighted by atomic mass is 9.92. The number of hydrogen-bond donors (Lipinski definition) is 10. The Bertz CT molecular complexity index is 3090. The van der Waals surface area contributed by atoms with E-state index in [4.69, 9.17) is 114 Å². The Hall–Kier alpha value is -10.3. The second-order valence-electron chi connectivity index (χ2n) is 26.8. The zero-order valence-corrected chi connectivity index (χ0v) is 78.4. The molecule has 48 nitrogen and oxygen atoms in total. The molecule has 9 unspecified atom stereocenters. The highest BCUT2D eigenvalue weighted by Crippen LogP contribution is 2.21. The Morgan fingerprint density at radius 2 is 0.442 bits per heavy atom. The van der Waals surface area contributed by atoms with Gasteiger partial charge in [-0.25, -0.2) is 47.9 Å². The van der Waals surface area contributed by atoms with Crippen LogP contribution in [0.2, 0.25) is 0 Å². The van der Waals surface area contributed by atoms with E-state index in [1.807, 2.05) is 12.2 Å². The second-order valence-corrected chi connectivity index (χ2v) is 26.8. The van der Waals surface area contributed by atoms with Gasteiger partial charge in [-0.2, -0.15) is 0 Å². The number of amides is 1. The summed E-state index contributed by atoms with van der Waals surface area (Å²) in [5.41, 5.74) is -0.951. The van der Waals surface area contributed by atoms with Gasteiger partial charge in [0.15, 0.2) is 12.0 Å². The third kappa shape index (κ3) is 96.0. The predicted molar refractivity (Wildman–Crippen MR) is 484 cm³/mol. The summed E-state index contributed by atoms with van der Waals surface area (Å²) >= 11 is 0. The molecule has 0 aromatic rings.